The SMILES string of the molecule is CC(C)CCCC(=O)N(C)C. The molecule has 0 aliphatic heterocycles. The lowest BCUT2D eigenvalue weighted by atomic mass is 10.1. The second kappa shape index (κ2) is 5.16. The highest BCUT2D eigenvalue weighted by molar-refractivity contribution is 5.75. The third kappa shape index (κ3) is 5.89. The van der Waals surface area contributed by atoms with Gasteiger partial charge in [0.1, 0.15) is 0 Å². The van der Waals surface area contributed by atoms with Gasteiger partial charge in [-0.3, -0.25) is 4.79 Å². The van der Waals surface area contributed by atoms with E-state index in [-0.39, 0.29) is 5.91 Å². The van der Waals surface area contributed by atoms with Gasteiger partial charge in [-0.2, -0.15) is 0 Å². The molecule has 0 N–H and O–H groups in total. The first kappa shape index (κ1) is 10.5. The highest BCUT2D eigenvalue weighted by Gasteiger charge is 2.03. The molecule has 0 aliphatic carbocycles. The van der Waals surface area contributed by atoms with Crippen LogP contribution in [-0.2, 0) is 4.79 Å². The van der Waals surface area contributed by atoms with Crippen LogP contribution < -0.4 is 0 Å². The van der Waals surface area contributed by atoms with Crippen LogP contribution in [0.2, 0.25) is 0 Å². The molecule has 0 saturated carbocycles. The molecular formula is C9H19NO. The molecule has 2 heteroatoms. The smallest absolute Gasteiger partial charge is 0.222 e. The van der Waals surface area contributed by atoms with Crippen LogP contribution in [0.5, 0.6) is 0 Å². The normalized spacial score (nSPS) is 10.3. The van der Waals surface area contributed by atoms with Crippen molar-refractivity contribution in [2.24, 2.45) is 5.92 Å². The van der Waals surface area contributed by atoms with Crippen molar-refractivity contribution in [1.29, 1.82) is 0 Å². The molecule has 0 saturated heterocycles. The maximum absolute atomic E-state index is 11.1. The van der Waals surface area contributed by atoms with Crippen LogP contribution in [0.4, 0.5) is 0 Å². The van der Waals surface area contributed by atoms with Crippen molar-refractivity contribution in [1.82, 2.24) is 4.90 Å². The van der Waals surface area contributed by atoms with Gasteiger partial charge in [0.25, 0.3) is 0 Å². The lowest BCUT2D eigenvalue weighted by Crippen LogP contribution is -2.21. The number of hydrogen-bond donors (Lipinski definition) is 0. The van der Waals surface area contributed by atoms with Crippen LogP contribution in [0, 0.1) is 5.92 Å². The zero-order valence-electron chi connectivity index (χ0n) is 8.05. The van der Waals surface area contributed by atoms with Crippen LogP contribution in [0.1, 0.15) is 33.1 Å². The molecule has 0 aliphatic rings. The van der Waals surface area contributed by atoms with E-state index in [1.807, 2.05) is 0 Å². The summed E-state index contributed by atoms with van der Waals surface area (Å²) in [6, 6.07) is 0. The van der Waals surface area contributed by atoms with Gasteiger partial charge in [-0.1, -0.05) is 20.3 Å². The predicted molar refractivity (Wildman–Crippen MR) is 47.4 cm³/mol. The number of rotatable bonds is 4. The molecule has 11 heavy (non-hydrogen) atoms. The summed E-state index contributed by atoms with van der Waals surface area (Å²) in [4.78, 5) is 12.7. The van der Waals surface area contributed by atoms with Crippen molar-refractivity contribution in [3.05, 3.63) is 0 Å². The van der Waals surface area contributed by atoms with E-state index in [4.69, 9.17) is 0 Å². The standard InChI is InChI=1S/C9H19NO/c1-8(2)6-5-7-9(11)10(3)4/h8H,5-7H2,1-4H3. The largest absolute Gasteiger partial charge is 0.349 e. The van der Waals surface area contributed by atoms with Gasteiger partial charge in [0.05, 0.1) is 0 Å². The molecule has 0 spiro atoms. The quantitative estimate of drug-likeness (QED) is 0.610. The molecule has 0 heterocycles. The Kier molecular flexibility index (Phi) is 4.92. The highest BCUT2D eigenvalue weighted by Crippen LogP contribution is 2.06. The van der Waals surface area contributed by atoms with Gasteiger partial charge >= 0.3 is 0 Å². The molecule has 0 aromatic rings. The zero-order chi connectivity index (χ0) is 8.85. The lowest BCUT2D eigenvalue weighted by Gasteiger charge is -2.10. The van der Waals surface area contributed by atoms with Gasteiger partial charge < -0.3 is 4.90 Å². The van der Waals surface area contributed by atoms with E-state index < -0.39 is 0 Å². The lowest BCUT2D eigenvalue weighted by molar-refractivity contribution is -0.128. The maximum atomic E-state index is 11.1. The van der Waals surface area contributed by atoms with Gasteiger partial charge in [0, 0.05) is 20.5 Å². The van der Waals surface area contributed by atoms with Crippen molar-refractivity contribution >= 4 is 5.91 Å². The van der Waals surface area contributed by atoms with Gasteiger partial charge in [0.15, 0.2) is 0 Å². The third-order valence-corrected chi connectivity index (χ3v) is 1.67. The average Bonchev–Trinajstić information content (AvgIpc) is 1.86. The fourth-order valence-corrected chi connectivity index (χ4v) is 0.885. The Morgan fingerprint density at radius 2 is 1.91 bits per heavy atom. The molecule has 66 valence electrons. The van der Waals surface area contributed by atoms with Crippen molar-refractivity contribution < 1.29 is 4.79 Å². The monoisotopic (exact) mass is 157 g/mol. The van der Waals surface area contributed by atoms with Gasteiger partial charge in [-0.05, 0) is 12.3 Å². The van der Waals surface area contributed by atoms with E-state index in [1.165, 1.54) is 0 Å². The summed E-state index contributed by atoms with van der Waals surface area (Å²) < 4.78 is 0. The van der Waals surface area contributed by atoms with Crippen molar-refractivity contribution in [2.75, 3.05) is 14.1 Å². The van der Waals surface area contributed by atoms with Gasteiger partial charge in [-0.25, -0.2) is 0 Å². The van der Waals surface area contributed by atoms with E-state index in [0.29, 0.717) is 12.3 Å². The molecule has 0 rings (SSSR count). The second-order valence-corrected chi connectivity index (χ2v) is 3.57. The molecule has 0 aromatic carbocycles. The number of hydrogen-bond acceptors (Lipinski definition) is 1. The van der Waals surface area contributed by atoms with Gasteiger partial charge in [0.2, 0.25) is 5.91 Å². The third-order valence-electron chi connectivity index (χ3n) is 1.67. The minimum atomic E-state index is 0.241. The Labute approximate surface area is 69.6 Å². The molecule has 0 radical (unpaired) electrons. The average molecular weight is 157 g/mol. The topological polar surface area (TPSA) is 20.3 Å². The second-order valence-electron chi connectivity index (χ2n) is 3.57. The summed E-state index contributed by atoms with van der Waals surface area (Å²) in [5, 5.41) is 0. The van der Waals surface area contributed by atoms with Crippen molar-refractivity contribution in [3.63, 3.8) is 0 Å². The molecule has 0 atom stereocenters. The molecule has 0 unspecified atom stereocenters. The van der Waals surface area contributed by atoms with E-state index >= 15 is 0 Å². The van der Waals surface area contributed by atoms with Crippen LogP contribution in [0.15, 0.2) is 0 Å². The van der Waals surface area contributed by atoms with Crippen LogP contribution in [0.3, 0.4) is 0 Å². The van der Waals surface area contributed by atoms with E-state index in [9.17, 15) is 4.79 Å². The first-order chi connectivity index (χ1) is 5.04. The van der Waals surface area contributed by atoms with E-state index in [1.54, 1.807) is 19.0 Å². The van der Waals surface area contributed by atoms with Crippen molar-refractivity contribution in [2.45, 2.75) is 33.1 Å². The Balaban J connectivity index is 3.32. The fraction of sp³-hybridized carbons (Fsp3) is 0.889. The predicted octanol–water partition coefficient (Wildman–Crippen LogP) is 1.90. The first-order valence-electron chi connectivity index (χ1n) is 4.24. The summed E-state index contributed by atoms with van der Waals surface area (Å²) in [5.41, 5.74) is 0. The fourth-order valence-electron chi connectivity index (χ4n) is 0.885. The molecular weight excluding hydrogens is 138 g/mol. The van der Waals surface area contributed by atoms with Crippen molar-refractivity contribution in [3.8, 4) is 0 Å². The molecule has 1 amide bonds. The van der Waals surface area contributed by atoms with Gasteiger partial charge in [-0.15, -0.1) is 0 Å². The van der Waals surface area contributed by atoms with E-state index in [0.717, 1.165) is 12.8 Å². The minimum Gasteiger partial charge on any atom is -0.349 e. The summed E-state index contributed by atoms with van der Waals surface area (Å²) in [6.07, 6.45) is 2.87. The minimum absolute atomic E-state index is 0.241. The number of nitrogens with zero attached hydrogens (tertiary/aromatic N) is 1. The Morgan fingerprint density at radius 1 is 1.36 bits per heavy atom. The number of carbonyl (C=O) groups excluding carboxylic acids is 1. The summed E-state index contributed by atoms with van der Waals surface area (Å²) in [5.74, 6) is 0.954. The zero-order valence-corrected chi connectivity index (χ0v) is 8.05. The Morgan fingerprint density at radius 3 is 2.27 bits per heavy atom. The molecule has 0 fully saturated rings. The first-order valence-corrected chi connectivity index (χ1v) is 4.24. The maximum Gasteiger partial charge on any atom is 0.222 e. The molecule has 0 bridgehead atoms. The number of carbonyl (C=O) groups is 1. The number of amides is 1. The van der Waals surface area contributed by atoms with E-state index in [2.05, 4.69) is 13.8 Å². The summed E-state index contributed by atoms with van der Waals surface area (Å²) in [6.45, 7) is 4.36. The van der Waals surface area contributed by atoms with Crippen LogP contribution in [-0.4, -0.2) is 24.9 Å². The Bertz CT molecular complexity index is 119. The summed E-state index contributed by atoms with van der Waals surface area (Å²) >= 11 is 0. The molecule has 2 nitrogen and oxygen atoms in total. The molecule has 0 aromatic heterocycles. The summed E-state index contributed by atoms with van der Waals surface area (Å²) in [7, 11) is 3.61. The Hall–Kier alpha value is -0.530. The van der Waals surface area contributed by atoms with Crippen LogP contribution in [0.25, 0.3) is 0 Å². The van der Waals surface area contributed by atoms with Crippen LogP contribution >= 0.6 is 0 Å². The highest BCUT2D eigenvalue weighted by atomic mass is 16.2.